The van der Waals surface area contributed by atoms with Gasteiger partial charge in [0.05, 0.1) is 27.4 Å². The van der Waals surface area contributed by atoms with Crippen molar-refractivity contribution < 1.29 is 23.8 Å². The lowest BCUT2D eigenvalue weighted by Crippen LogP contribution is -2.39. The van der Waals surface area contributed by atoms with Gasteiger partial charge >= 0.3 is 6.03 Å². The number of nitrogens with zero attached hydrogens (tertiary/aromatic N) is 1. The Morgan fingerprint density at radius 2 is 1.71 bits per heavy atom. The number of methoxy groups -OCH3 is 3. The Balaban J connectivity index is 1.59. The molecule has 0 spiro atoms. The van der Waals surface area contributed by atoms with Crippen LogP contribution in [-0.4, -0.2) is 45.9 Å². The molecular weight excluding hydrogens is 362 g/mol. The SMILES string of the molecule is COc1ccc(N2C[C@H](NC(=O)Nc3ccc(OC)c(OC)c3)CC2=O)cc1. The molecule has 2 aromatic carbocycles. The van der Waals surface area contributed by atoms with Gasteiger partial charge in [-0.2, -0.15) is 0 Å². The zero-order valence-corrected chi connectivity index (χ0v) is 16.0. The summed E-state index contributed by atoms with van der Waals surface area (Å²) in [7, 11) is 4.66. The topological polar surface area (TPSA) is 89.1 Å². The van der Waals surface area contributed by atoms with Crippen LogP contribution in [0.25, 0.3) is 0 Å². The van der Waals surface area contributed by atoms with Crippen molar-refractivity contribution in [3.05, 3.63) is 42.5 Å². The van der Waals surface area contributed by atoms with Gasteiger partial charge < -0.3 is 29.7 Å². The second kappa shape index (κ2) is 8.51. The molecule has 8 heteroatoms. The van der Waals surface area contributed by atoms with E-state index in [1.807, 2.05) is 12.1 Å². The number of urea groups is 1. The fourth-order valence-electron chi connectivity index (χ4n) is 3.08. The molecule has 3 rings (SSSR count). The van der Waals surface area contributed by atoms with Crippen LogP contribution in [-0.2, 0) is 4.79 Å². The van der Waals surface area contributed by atoms with Gasteiger partial charge in [-0.25, -0.2) is 4.79 Å². The molecular formula is C20H23N3O5. The number of benzene rings is 2. The van der Waals surface area contributed by atoms with Gasteiger partial charge in [0.2, 0.25) is 5.91 Å². The second-order valence-corrected chi connectivity index (χ2v) is 6.27. The van der Waals surface area contributed by atoms with Crippen molar-refractivity contribution in [2.75, 3.05) is 38.1 Å². The molecule has 1 fully saturated rings. The fourth-order valence-corrected chi connectivity index (χ4v) is 3.08. The number of carbonyl (C=O) groups is 2. The minimum atomic E-state index is -0.387. The van der Waals surface area contributed by atoms with Crippen LogP contribution >= 0.6 is 0 Å². The van der Waals surface area contributed by atoms with Gasteiger partial charge in [-0.3, -0.25) is 4.79 Å². The van der Waals surface area contributed by atoms with Crippen LogP contribution in [0.15, 0.2) is 42.5 Å². The predicted octanol–water partition coefficient (Wildman–Crippen LogP) is 2.64. The van der Waals surface area contributed by atoms with Crippen molar-refractivity contribution in [3.8, 4) is 17.2 Å². The van der Waals surface area contributed by atoms with E-state index in [1.54, 1.807) is 49.5 Å². The fraction of sp³-hybridized carbons (Fsp3) is 0.300. The van der Waals surface area contributed by atoms with Crippen molar-refractivity contribution in [1.29, 1.82) is 0 Å². The highest BCUT2D eigenvalue weighted by atomic mass is 16.5. The van der Waals surface area contributed by atoms with Crippen LogP contribution in [0.1, 0.15) is 6.42 Å². The highest BCUT2D eigenvalue weighted by Crippen LogP contribution is 2.30. The summed E-state index contributed by atoms with van der Waals surface area (Å²) in [5, 5.41) is 5.58. The summed E-state index contributed by atoms with van der Waals surface area (Å²) < 4.78 is 15.5. The lowest BCUT2D eigenvalue weighted by atomic mass is 10.2. The number of nitrogens with one attached hydrogen (secondary N) is 2. The van der Waals surface area contributed by atoms with E-state index in [9.17, 15) is 9.59 Å². The number of hydrogen-bond acceptors (Lipinski definition) is 5. The summed E-state index contributed by atoms with van der Waals surface area (Å²) in [5.74, 6) is 1.77. The highest BCUT2D eigenvalue weighted by Gasteiger charge is 2.31. The average molecular weight is 385 g/mol. The van der Waals surface area contributed by atoms with Crippen molar-refractivity contribution in [1.82, 2.24) is 5.32 Å². The summed E-state index contributed by atoms with van der Waals surface area (Å²) in [4.78, 5) is 26.3. The largest absolute Gasteiger partial charge is 0.497 e. The predicted molar refractivity (Wildman–Crippen MR) is 105 cm³/mol. The summed E-state index contributed by atoms with van der Waals surface area (Å²) in [5.41, 5.74) is 1.34. The maximum atomic E-state index is 12.3. The first-order valence-corrected chi connectivity index (χ1v) is 8.78. The second-order valence-electron chi connectivity index (χ2n) is 6.27. The third kappa shape index (κ3) is 4.28. The molecule has 0 unspecified atom stereocenters. The van der Waals surface area contributed by atoms with Crippen molar-refractivity contribution in [2.24, 2.45) is 0 Å². The minimum absolute atomic E-state index is 0.0402. The zero-order chi connectivity index (χ0) is 20.1. The molecule has 0 aliphatic carbocycles. The average Bonchev–Trinajstić information content (AvgIpc) is 3.07. The number of carbonyl (C=O) groups excluding carboxylic acids is 2. The Morgan fingerprint density at radius 3 is 2.36 bits per heavy atom. The molecule has 28 heavy (non-hydrogen) atoms. The minimum Gasteiger partial charge on any atom is -0.497 e. The molecule has 2 aromatic rings. The van der Waals surface area contributed by atoms with Crippen LogP contribution in [0.4, 0.5) is 16.2 Å². The molecule has 8 nitrogen and oxygen atoms in total. The normalized spacial score (nSPS) is 15.9. The van der Waals surface area contributed by atoms with E-state index in [0.29, 0.717) is 23.7 Å². The summed E-state index contributed by atoms with van der Waals surface area (Å²) in [6.07, 6.45) is 0.241. The molecule has 1 aliphatic heterocycles. The van der Waals surface area contributed by atoms with Crippen LogP contribution in [0.2, 0.25) is 0 Å². The first kappa shape index (κ1) is 19.3. The molecule has 1 saturated heterocycles. The van der Waals surface area contributed by atoms with Crippen molar-refractivity contribution in [2.45, 2.75) is 12.5 Å². The molecule has 0 saturated carbocycles. The van der Waals surface area contributed by atoms with Crippen LogP contribution in [0.5, 0.6) is 17.2 Å². The smallest absolute Gasteiger partial charge is 0.319 e. The van der Waals surface area contributed by atoms with Crippen molar-refractivity contribution >= 4 is 23.3 Å². The van der Waals surface area contributed by atoms with Crippen LogP contribution in [0, 0.1) is 0 Å². The van der Waals surface area contributed by atoms with Gasteiger partial charge in [-0.05, 0) is 36.4 Å². The third-order valence-electron chi connectivity index (χ3n) is 4.49. The first-order chi connectivity index (χ1) is 13.5. The van der Waals surface area contributed by atoms with Crippen LogP contribution < -0.4 is 29.7 Å². The number of hydrogen-bond donors (Lipinski definition) is 2. The van der Waals surface area contributed by atoms with E-state index in [1.165, 1.54) is 7.11 Å². The van der Waals surface area contributed by atoms with Gasteiger partial charge in [0, 0.05) is 30.4 Å². The molecule has 0 aromatic heterocycles. The van der Waals surface area contributed by atoms with E-state index in [4.69, 9.17) is 14.2 Å². The zero-order valence-electron chi connectivity index (χ0n) is 16.0. The Bertz CT molecular complexity index is 853. The quantitative estimate of drug-likeness (QED) is 0.798. The van der Waals surface area contributed by atoms with E-state index < -0.39 is 0 Å². The van der Waals surface area contributed by atoms with Gasteiger partial charge in [0.1, 0.15) is 5.75 Å². The summed E-state index contributed by atoms with van der Waals surface area (Å²) in [6, 6.07) is 11.7. The van der Waals surface area contributed by atoms with E-state index >= 15 is 0 Å². The number of anilines is 2. The van der Waals surface area contributed by atoms with Gasteiger partial charge in [-0.1, -0.05) is 0 Å². The number of amides is 3. The van der Waals surface area contributed by atoms with Gasteiger partial charge in [-0.15, -0.1) is 0 Å². The number of rotatable bonds is 6. The monoisotopic (exact) mass is 385 g/mol. The Labute approximate surface area is 163 Å². The Hall–Kier alpha value is -3.42. The highest BCUT2D eigenvalue weighted by molar-refractivity contribution is 5.97. The number of ether oxygens (including phenoxy) is 3. The van der Waals surface area contributed by atoms with Gasteiger partial charge in [0.25, 0.3) is 0 Å². The Morgan fingerprint density at radius 1 is 1.00 bits per heavy atom. The maximum absolute atomic E-state index is 12.3. The molecule has 0 radical (unpaired) electrons. The molecule has 3 amide bonds. The maximum Gasteiger partial charge on any atom is 0.319 e. The van der Waals surface area contributed by atoms with E-state index in [2.05, 4.69) is 10.6 Å². The third-order valence-corrected chi connectivity index (χ3v) is 4.49. The van der Waals surface area contributed by atoms with E-state index in [-0.39, 0.29) is 24.4 Å². The molecule has 2 N–H and O–H groups in total. The lowest BCUT2D eigenvalue weighted by molar-refractivity contribution is -0.117. The molecule has 0 bridgehead atoms. The van der Waals surface area contributed by atoms with E-state index in [0.717, 1.165) is 11.4 Å². The van der Waals surface area contributed by atoms with Gasteiger partial charge in [0.15, 0.2) is 11.5 Å². The Kier molecular flexibility index (Phi) is 5.88. The van der Waals surface area contributed by atoms with Crippen LogP contribution in [0.3, 0.4) is 0 Å². The summed E-state index contributed by atoms with van der Waals surface area (Å²) in [6.45, 7) is 0.407. The van der Waals surface area contributed by atoms with Crippen molar-refractivity contribution in [3.63, 3.8) is 0 Å². The molecule has 1 aliphatic rings. The molecule has 1 atom stereocenters. The standard InChI is InChI=1S/C20H23N3O5/c1-26-16-7-5-15(6-8-16)23-12-14(11-19(23)24)22-20(25)21-13-4-9-17(27-2)18(10-13)28-3/h4-10,14H,11-12H2,1-3H3,(H2,21,22,25)/t14-/m1/s1. The summed E-state index contributed by atoms with van der Waals surface area (Å²) >= 11 is 0. The lowest BCUT2D eigenvalue weighted by Gasteiger charge is -2.18. The molecule has 148 valence electrons. The first-order valence-electron chi connectivity index (χ1n) is 8.78. The molecule has 1 heterocycles.